The minimum atomic E-state index is 0. The smallest absolute Gasteiger partial charge is 0.00969 e. The molecule has 1 saturated carbocycles. The maximum Gasteiger partial charge on any atom is -0.00969 e. The summed E-state index contributed by atoms with van der Waals surface area (Å²) in [6.45, 7) is 24.8. The van der Waals surface area contributed by atoms with Gasteiger partial charge in [-0.2, -0.15) is 29.3 Å². The van der Waals surface area contributed by atoms with Crippen LogP contribution < -0.4 is 24.8 Å². The first-order valence-corrected chi connectivity index (χ1v) is 19.4. The van der Waals surface area contributed by atoms with Gasteiger partial charge in [0, 0.05) is 0 Å². The normalized spacial score (nSPS) is 24.0. The summed E-state index contributed by atoms with van der Waals surface area (Å²) >= 11 is 1.33. The van der Waals surface area contributed by atoms with E-state index in [-0.39, 0.29) is 46.5 Å². The van der Waals surface area contributed by atoms with E-state index in [1.807, 2.05) is 33.6 Å². The first kappa shape index (κ1) is 41.2. The minimum absolute atomic E-state index is 0. The molecule has 0 aliphatic heterocycles. The third kappa shape index (κ3) is 7.14. The fraction of sp³-hybridized carbons (Fsp3) is 0.558. The predicted molar refractivity (Wildman–Crippen MR) is 190 cm³/mol. The van der Waals surface area contributed by atoms with Gasteiger partial charge in [-0.05, 0) is 40.6 Å². The Labute approximate surface area is 310 Å². The molecule has 4 aliphatic rings. The van der Waals surface area contributed by atoms with Gasteiger partial charge in [-0.15, -0.1) is 6.92 Å². The first-order chi connectivity index (χ1) is 20.8. The zero-order valence-corrected chi connectivity index (χ0v) is 35.7. The number of fused-ring (bicyclic) bond motifs is 6. The van der Waals surface area contributed by atoms with Crippen LogP contribution in [0.3, 0.4) is 0 Å². The van der Waals surface area contributed by atoms with Gasteiger partial charge in [-0.3, -0.25) is 0 Å². The molecular weight excluding hydrogens is 766 g/mol. The number of allylic oxidation sites excluding steroid dienone is 6. The first-order valence-electron chi connectivity index (χ1n) is 17.6. The standard InChI is InChI=1S/C29H37.C9H18.C5H5.2ClH.Hf/c1-18-25-22-17-19-13-9-10-14-20(19)24(22)21-15-11-12-16-23(21)29(25,8)28(6,7)27(4,5)26(18,2)3;1-3-5-7-9-8-6-4-2;1-2-4-5-3-1;;;/h9-11,13-15,23H,12,16-17H2,1-8H3;3-8H2,1-2H3;1-5H;2*1H;/q-1;;-1;;;+2/p-2. The summed E-state index contributed by atoms with van der Waals surface area (Å²) in [7, 11) is 0. The molecule has 2 atom stereocenters. The molecule has 46 heavy (non-hydrogen) atoms. The zero-order valence-electron chi connectivity index (χ0n) is 30.5. The average Bonchev–Trinajstić information content (AvgIpc) is 3.71. The molecule has 2 unspecified atom stereocenters. The van der Waals surface area contributed by atoms with Crippen LogP contribution in [0.1, 0.15) is 132 Å². The third-order valence-corrected chi connectivity index (χ3v) is 14.8. The van der Waals surface area contributed by atoms with Gasteiger partial charge in [0.2, 0.25) is 0 Å². The summed E-state index contributed by atoms with van der Waals surface area (Å²) in [4.78, 5) is 0. The van der Waals surface area contributed by atoms with Crippen LogP contribution in [0.4, 0.5) is 0 Å². The average molecular weight is 826 g/mol. The van der Waals surface area contributed by atoms with Crippen LogP contribution in [0, 0.1) is 33.5 Å². The topological polar surface area (TPSA) is 0 Å². The van der Waals surface area contributed by atoms with E-state index in [1.54, 1.807) is 28.2 Å². The molecule has 2 aromatic rings. The van der Waals surface area contributed by atoms with Crippen molar-refractivity contribution in [2.45, 2.75) is 127 Å². The van der Waals surface area contributed by atoms with Gasteiger partial charge in [0.15, 0.2) is 0 Å². The second-order valence-electron chi connectivity index (χ2n) is 15.5. The van der Waals surface area contributed by atoms with E-state index >= 15 is 0 Å². The van der Waals surface area contributed by atoms with E-state index in [0.29, 0.717) is 5.92 Å². The summed E-state index contributed by atoms with van der Waals surface area (Å²) in [6.07, 6.45) is 16.9. The Balaban J connectivity index is 0.000000362. The van der Waals surface area contributed by atoms with Crippen molar-refractivity contribution in [3.05, 3.63) is 101 Å². The number of hydrogen-bond acceptors (Lipinski definition) is 0. The fourth-order valence-corrected chi connectivity index (χ4v) is 10.1. The molecule has 2 aromatic carbocycles. The largest absolute Gasteiger partial charge is 1.00 e. The molecule has 0 spiro atoms. The summed E-state index contributed by atoms with van der Waals surface area (Å²) in [5.41, 5.74) is 10.3. The molecule has 3 heteroatoms. The maximum absolute atomic E-state index is 2.62. The molecule has 4 aliphatic carbocycles. The molecule has 0 heterocycles. The molecule has 0 bridgehead atoms. The summed E-state index contributed by atoms with van der Waals surface area (Å²) in [6, 6.07) is 19.2. The molecular formula is C43H60Cl2Hf-2. The van der Waals surface area contributed by atoms with Gasteiger partial charge in [0.05, 0.1) is 0 Å². The van der Waals surface area contributed by atoms with Crippen LogP contribution in [-0.4, -0.2) is 3.26 Å². The molecule has 0 N–H and O–H groups in total. The zero-order chi connectivity index (χ0) is 32.3. The molecule has 0 saturated heterocycles. The van der Waals surface area contributed by atoms with Crippen molar-refractivity contribution in [3.63, 3.8) is 0 Å². The minimum Gasteiger partial charge on any atom is -1.00 e. The van der Waals surface area contributed by atoms with Crippen LogP contribution in [0.15, 0.2) is 83.5 Å². The van der Waals surface area contributed by atoms with E-state index in [1.165, 1.54) is 86.4 Å². The van der Waals surface area contributed by atoms with Crippen molar-refractivity contribution >= 4 is 8.83 Å². The summed E-state index contributed by atoms with van der Waals surface area (Å²) in [5.74, 6) is 2.24. The number of rotatable bonds is 6. The number of benzene rings is 1. The van der Waals surface area contributed by atoms with Crippen LogP contribution in [0.2, 0.25) is 0 Å². The monoisotopic (exact) mass is 826 g/mol. The van der Waals surface area contributed by atoms with Crippen molar-refractivity contribution in [3.8, 4) is 0 Å². The molecule has 0 nitrogen and oxygen atoms in total. The third-order valence-electron chi connectivity index (χ3n) is 13.0. The fourth-order valence-electron chi connectivity index (χ4n) is 8.79. The molecule has 0 radical (unpaired) electrons. The van der Waals surface area contributed by atoms with E-state index in [4.69, 9.17) is 0 Å². The van der Waals surface area contributed by atoms with Crippen molar-refractivity contribution in [2.75, 3.05) is 0 Å². The van der Waals surface area contributed by atoms with Crippen LogP contribution >= 0.6 is 0 Å². The van der Waals surface area contributed by atoms with E-state index in [9.17, 15) is 0 Å². The Morgan fingerprint density at radius 3 is 2.00 bits per heavy atom. The van der Waals surface area contributed by atoms with Gasteiger partial charge in [-0.1, -0.05) is 113 Å². The van der Waals surface area contributed by atoms with Crippen molar-refractivity contribution < 1.29 is 48.7 Å². The van der Waals surface area contributed by atoms with Crippen LogP contribution in [0.5, 0.6) is 0 Å². The van der Waals surface area contributed by atoms with Crippen molar-refractivity contribution in [1.29, 1.82) is 0 Å². The molecule has 252 valence electrons. The van der Waals surface area contributed by atoms with Gasteiger partial charge >= 0.3 is 79.5 Å². The molecule has 0 aromatic heterocycles. The van der Waals surface area contributed by atoms with Crippen LogP contribution in [-0.2, 0) is 30.3 Å². The molecule has 1 fully saturated rings. The van der Waals surface area contributed by atoms with Crippen molar-refractivity contribution in [2.24, 2.45) is 27.6 Å². The number of halogens is 2. The SMILES string of the molecule is CCCC[C](=[Hf+2])CCCC.C[C-]1C2=C3Cc4ccccc4C3=C3C=CCCC3C2(C)C(C)(C)C(C)(C)C1(C)C.[Cl-].[Cl-].c1cc[cH-]c1. The Hall–Kier alpha value is -1.02. The van der Waals surface area contributed by atoms with Gasteiger partial charge in [0.1, 0.15) is 0 Å². The summed E-state index contributed by atoms with van der Waals surface area (Å²) in [5, 5.41) is 0. The van der Waals surface area contributed by atoms with Crippen molar-refractivity contribution in [1.82, 2.24) is 0 Å². The van der Waals surface area contributed by atoms with E-state index in [0.717, 1.165) is 6.42 Å². The van der Waals surface area contributed by atoms with Crippen LogP contribution in [0.25, 0.3) is 5.57 Å². The number of unbranched alkanes of at least 4 members (excludes halogenated alkanes) is 2. The van der Waals surface area contributed by atoms with Gasteiger partial charge < -0.3 is 24.8 Å². The molecule has 6 rings (SSSR count). The Morgan fingerprint density at radius 1 is 0.870 bits per heavy atom. The summed E-state index contributed by atoms with van der Waals surface area (Å²) < 4.78 is 1.84. The van der Waals surface area contributed by atoms with Gasteiger partial charge in [0.25, 0.3) is 0 Å². The number of hydrogen-bond donors (Lipinski definition) is 0. The molecule has 0 amide bonds. The van der Waals surface area contributed by atoms with E-state index in [2.05, 4.69) is 106 Å². The predicted octanol–water partition coefficient (Wildman–Crippen LogP) is 6.47. The second kappa shape index (κ2) is 16.6. The second-order valence-corrected chi connectivity index (χ2v) is 18.1. The quantitative estimate of drug-likeness (QED) is 0.232. The Kier molecular flexibility index (Phi) is 14.8. The van der Waals surface area contributed by atoms with Gasteiger partial charge in [-0.25, -0.2) is 18.1 Å². The Morgan fingerprint density at radius 2 is 1.46 bits per heavy atom. The Bertz CT molecular complexity index is 1360. The maximum atomic E-state index is 2.62. The van der Waals surface area contributed by atoms with E-state index < -0.39 is 0 Å².